The Morgan fingerprint density at radius 1 is 0.812 bits per heavy atom. The van der Waals surface area contributed by atoms with Crippen molar-refractivity contribution in [2.45, 2.75) is 138 Å². The van der Waals surface area contributed by atoms with Crippen molar-refractivity contribution in [1.82, 2.24) is 15.5 Å². The highest BCUT2D eigenvalue weighted by Gasteiger charge is 2.39. The summed E-state index contributed by atoms with van der Waals surface area (Å²) in [6.07, 6.45) is 3.00. The number of nitrogens with one attached hydrogen (secondary N) is 2. The summed E-state index contributed by atoms with van der Waals surface area (Å²) in [5.74, 6) is -1.77. The number of unbranched alkanes of at least 4 members (excludes halogenated alkanes) is 3. The largest absolute Gasteiger partial charge is 0.458 e. The van der Waals surface area contributed by atoms with E-state index in [0.29, 0.717) is 12.0 Å². The summed E-state index contributed by atoms with van der Waals surface area (Å²) in [6.45, 7) is 20.6. The maximum absolute atomic E-state index is 14.7. The van der Waals surface area contributed by atoms with E-state index in [0.717, 1.165) is 36.0 Å². The third-order valence-electron chi connectivity index (χ3n) is 7.71. The first-order chi connectivity index (χ1) is 22.3. The molecule has 0 saturated heterocycles. The molecule has 266 valence electrons. The molecule has 0 aromatic heterocycles. The summed E-state index contributed by atoms with van der Waals surface area (Å²) >= 11 is 0. The van der Waals surface area contributed by atoms with Crippen LogP contribution in [0.4, 0.5) is 4.79 Å². The van der Waals surface area contributed by atoms with Crippen LogP contribution in [0.2, 0.25) is 0 Å². The first kappa shape index (κ1) is 40.3. The van der Waals surface area contributed by atoms with E-state index in [1.807, 2.05) is 76.2 Å². The van der Waals surface area contributed by atoms with Gasteiger partial charge in [0.15, 0.2) is 0 Å². The van der Waals surface area contributed by atoms with Crippen molar-refractivity contribution in [2.75, 3.05) is 6.54 Å². The zero-order chi connectivity index (χ0) is 36.2. The molecule has 0 saturated carbocycles. The van der Waals surface area contributed by atoms with Crippen LogP contribution in [0.1, 0.15) is 116 Å². The van der Waals surface area contributed by atoms with Crippen LogP contribution in [0.25, 0.3) is 0 Å². The van der Waals surface area contributed by atoms with Crippen molar-refractivity contribution in [3.8, 4) is 0 Å². The van der Waals surface area contributed by atoms with Crippen molar-refractivity contribution >= 4 is 23.9 Å². The van der Waals surface area contributed by atoms with Crippen LogP contribution in [0.3, 0.4) is 0 Å². The van der Waals surface area contributed by atoms with E-state index in [4.69, 9.17) is 9.47 Å². The molecular weight excluding hydrogens is 606 g/mol. The van der Waals surface area contributed by atoms with Gasteiger partial charge in [-0.25, -0.2) is 9.59 Å². The molecule has 2 aromatic rings. The molecule has 2 rings (SSSR count). The van der Waals surface area contributed by atoms with Gasteiger partial charge in [-0.05, 0) is 84.4 Å². The van der Waals surface area contributed by atoms with Crippen molar-refractivity contribution < 1.29 is 28.7 Å². The Balaban J connectivity index is 2.67. The minimum absolute atomic E-state index is 0.209. The van der Waals surface area contributed by atoms with E-state index >= 15 is 0 Å². The number of aryl methyl sites for hydroxylation is 2. The molecule has 0 aliphatic rings. The molecule has 0 fully saturated rings. The van der Waals surface area contributed by atoms with Crippen LogP contribution >= 0.6 is 0 Å². The fourth-order valence-electron chi connectivity index (χ4n) is 5.45. The number of carbonyl (C=O) groups excluding carboxylic acids is 4. The first-order valence-electron chi connectivity index (χ1n) is 17.3. The summed E-state index contributed by atoms with van der Waals surface area (Å²) in [5, 5.41) is 5.77. The Labute approximate surface area is 288 Å². The Morgan fingerprint density at radius 2 is 1.44 bits per heavy atom. The third-order valence-corrected chi connectivity index (χ3v) is 7.71. The van der Waals surface area contributed by atoms with Gasteiger partial charge in [0.25, 0.3) is 0 Å². The molecule has 0 heterocycles. The van der Waals surface area contributed by atoms with Gasteiger partial charge < -0.3 is 25.0 Å². The lowest BCUT2D eigenvalue weighted by atomic mass is 9.94. The maximum atomic E-state index is 14.7. The van der Waals surface area contributed by atoms with Gasteiger partial charge in [-0.2, -0.15) is 0 Å². The summed E-state index contributed by atoms with van der Waals surface area (Å²) in [4.78, 5) is 57.4. The quantitative estimate of drug-likeness (QED) is 0.152. The van der Waals surface area contributed by atoms with Crippen molar-refractivity contribution in [3.63, 3.8) is 0 Å². The first-order valence-corrected chi connectivity index (χ1v) is 17.3. The minimum Gasteiger partial charge on any atom is -0.458 e. The predicted molar refractivity (Wildman–Crippen MR) is 190 cm³/mol. The zero-order valence-electron chi connectivity index (χ0n) is 31.1. The number of nitrogens with zero attached hydrogens (tertiary/aromatic N) is 1. The molecule has 0 aliphatic carbocycles. The molecule has 2 N–H and O–H groups in total. The van der Waals surface area contributed by atoms with E-state index in [2.05, 4.69) is 17.6 Å². The SMILES string of the molecule is CCCCCCN(C(=O)C(NC(=O)OC(C)(C)C)C(C)C)C(C(=O)NC(Cc1ccccc1)C(=O)OC(C)(C)C)c1ccc(C)cc1C. The Hall–Kier alpha value is -3.88. The van der Waals surface area contributed by atoms with Crippen LogP contribution in [0.5, 0.6) is 0 Å². The second kappa shape index (κ2) is 18.0. The topological polar surface area (TPSA) is 114 Å². The Bertz CT molecular complexity index is 1360. The van der Waals surface area contributed by atoms with Crippen LogP contribution in [0, 0.1) is 19.8 Å². The fraction of sp³-hybridized carbons (Fsp3) is 0.590. The predicted octanol–water partition coefficient (Wildman–Crippen LogP) is 7.37. The highest BCUT2D eigenvalue weighted by atomic mass is 16.6. The lowest BCUT2D eigenvalue weighted by molar-refractivity contribution is -0.159. The lowest BCUT2D eigenvalue weighted by Crippen LogP contribution is -2.56. The average molecular weight is 666 g/mol. The molecule has 3 amide bonds. The molecule has 0 radical (unpaired) electrons. The third kappa shape index (κ3) is 13.3. The van der Waals surface area contributed by atoms with E-state index in [-0.39, 0.29) is 18.9 Å². The fourth-order valence-corrected chi connectivity index (χ4v) is 5.45. The van der Waals surface area contributed by atoms with Crippen molar-refractivity contribution in [3.05, 3.63) is 70.8 Å². The number of hydrogen-bond donors (Lipinski definition) is 2. The molecule has 9 nitrogen and oxygen atoms in total. The smallest absolute Gasteiger partial charge is 0.408 e. The molecule has 48 heavy (non-hydrogen) atoms. The number of alkyl carbamates (subject to hydrolysis) is 1. The van der Waals surface area contributed by atoms with Gasteiger partial charge in [-0.15, -0.1) is 0 Å². The average Bonchev–Trinajstić information content (AvgIpc) is 2.96. The molecule has 0 bridgehead atoms. The van der Waals surface area contributed by atoms with Gasteiger partial charge in [0.2, 0.25) is 11.8 Å². The van der Waals surface area contributed by atoms with Gasteiger partial charge in [0.05, 0.1) is 0 Å². The number of hydrogen-bond acceptors (Lipinski definition) is 6. The molecule has 0 spiro atoms. The minimum atomic E-state index is -1.08. The number of ether oxygens (including phenoxy) is 2. The second-order valence-corrected chi connectivity index (χ2v) is 15.0. The zero-order valence-corrected chi connectivity index (χ0v) is 31.1. The number of amides is 3. The van der Waals surface area contributed by atoms with E-state index in [1.165, 1.54) is 0 Å². The summed E-state index contributed by atoms with van der Waals surface area (Å²) in [5.41, 5.74) is 1.81. The molecule has 0 aliphatic heterocycles. The molecule has 3 atom stereocenters. The Morgan fingerprint density at radius 3 is 1.98 bits per heavy atom. The summed E-state index contributed by atoms with van der Waals surface area (Å²) < 4.78 is 11.3. The highest BCUT2D eigenvalue weighted by Crippen LogP contribution is 2.28. The molecule has 9 heteroatoms. The number of esters is 1. The van der Waals surface area contributed by atoms with Gasteiger partial charge in [-0.3, -0.25) is 9.59 Å². The molecular formula is C39H59N3O6. The lowest BCUT2D eigenvalue weighted by Gasteiger charge is -2.37. The van der Waals surface area contributed by atoms with Crippen LogP contribution in [-0.4, -0.2) is 58.6 Å². The standard InChI is InChI=1S/C39H59N3O6/c1-12-13-14-18-23-42(35(44)32(26(2)3)41-37(46)48-39(9,10)11)33(30-22-21-27(4)24-28(30)5)34(43)40-31(36(45)47-38(6,7)8)25-29-19-16-15-17-20-29/h15-17,19-22,24,26,31-33H,12-14,18,23,25H2,1-11H3,(H,40,43)(H,41,46). The van der Waals surface area contributed by atoms with Gasteiger partial charge in [0.1, 0.15) is 29.3 Å². The van der Waals surface area contributed by atoms with E-state index < -0.39 is 53.2 Å². The van der Waals surface area contributed by atoms with Crippen LogP contribution in [0.15, 0.2) is 48.5 Å². The van der Waals surface area contributed by atoms with Crippen molar-refractivity contribution in [1.29, 1.82) is 0 Å². The van der Waals surface area contributed by atoms with E-state index in [1.54, 1.807) is 46.4 Å². The van der Waals surface area contributed by atoms with E-state index in [9.17, 15) is 19.2 Å². The van der Waals surface area contributed by atoms with Crippen LogP contribution < -0.4 is 10.6 Å². The van der Waals surface area contributed by atoms with Crippen LogP contribution in [-0.2, 0) is 30.3 Å². The van der Waals surface area contributed by atoms with Gasteiger partial charge in [-0.1, -0.05) is 94.1 Å². The number of rotatable bonds is 15. The summed E-state index contributed by atoms with van der Waals surface area (Å²) in [7, 11) is 0. The number of benzene rings is 2. The normalized spacial score (nSPS) is 13.7. The highest BCUT2D eigenvalue weighted by molar-refractivity contribution is 5.94. The van der Waals surface area contributed by atoms with Crippen molar-refractivity contribution in [2.24, 2.45) is 5.92 Å². The number of carbonyl (C=O) groups is 4. The maximum Gasteiger partial charge on any atom is 0.408 e. The molecule has 2 aromatic carbocycles. The van der Waals surface area contributed by atoms with Gasteiger partial charge >= 0.3 is 12.1 Å². The molecule has 3 unspecified atom stereocenters. The second-order valence-electron chi connectivity index (χ2n) is 15.0. The Kier molecular flexibility index (Phi) is 15.1. The monoisotopic (exact) mass is 665 g/mol. The summed E-state index contributed by atoms with van der Waals surface area (Å²) in [6, 6.07) is 12.1. The van der Waals surface area contributed by atoms with Gasteiger partial charge in [0, 0.05) is 13.0 Å².